The van der Waals surface area contributed by atoms with E-state index in [1.165, 1.54) is 0 Å². The fourth-order valence-electron chi connectivity index (χ4n) is 1.85. The van der Waals surface area contributed by atoms with Gasteiger partial charge >= 0.3 is 0 Å². The lowest BCUT2D eigenvalue weighted by atomic mass is 10.2. The lowest BCUT2D eigenvalue weighted by molar-refractivity contribution is 1.40. The Morgan fingerprint density at radius 3 is 2.55 bits per heavy atom. The van der Waals surface area contributed by atoms with Gasteiger partial charge in [0.25, 0.3) is 0 Å². The van der Waals surface area contributed by atoms with Crippen LogP contribution in [0.1, 0.15) is 0 Å². The molecule has 0 atom stereocenters. The summed E-state index contributed by atoms with van der Waals surface area (Å²) in [5.74, 6) is 0. The van der Waals surface area contributed by atoms with Crippen LogP contribution in [0.3, 0.4) is 0 Å². The zero-order valence-corrected chi connectivity index (χ0v) is 13.5. The minimum absolute atomic E-state index is 0.688. The topological polar surface area (TPSA) is 38.9 Å². The van der Waals surface area contributed by atoms with E-state index in [0.717, 1.165) is 32.0 Å². The van der Waals surface area contributed by atoms with Crippen molar-refractivity contribution in [2.75, 3.05) is 5.73 Å². The Kier molecular flexibility index (Phi) is 3.78. The highest BCUT2D eigenvalue weighted by Gasteiger charge is 2.09. The maximum atomic E-state index is 6.26. The van der Waals surface area contributed by atoms with E-state index in [1.54, 1.807) is 11.3 Å². The van der Waals surface area contributed by atoms with Crippen molar-refractivity contribution in [3.05, 3.63) is 57.3 Å². The summed E-state index contributed by atoms with van der Waals surface area (Å²) in [5.41, 5.74) is 9.33. The number of benzene rings is 2. The maximum absolute atomic E-state index is 6.26. The Hall–Kier alpha value is -1.36. The molecule has 1 aromatic heterocycles. The summed E-state index contributed by atoms with van der Waals surface area (Å²) < 4.78 is 0.959. The fourth-order valence-corrected chi connectivity index (χ4v) is 3.45. The molecule has 100 valence electrons. The van der Waals surface area contributed by atoms with Crippen molar-refractivity contribution in [3.8, 4) is 21.8 Å². The minimum Gasteiger partial charge on any atom is -0.399 e. The maximum Gasteiger partial charge on any atom is 0.124 e. The summed E-state index contributed by atoms with van der Waals surface area (Å²) in [6.45, 7) is 0. The number of hydrogen-bond acceptors (Lipinski definition) is 3. The second-order valence-electron chi connectivity index (χ2n) is 4.28. The van der Waals surface area contributed by atoms with Crippen LogP contribution < -0.4 is 5.73 Å². The van der Waals surface area contributed by atoms with Gasteiger partial charge < -0.3 is 5.73 Å². The Labute approximate surface area is 134 Å². The summed E-state index contributed by atoms with van der Waals surface area (Å²) in [6, 6.07) is 13.5. The Bertz CT molecular complexity index is 753. The SMILES string of the molecule is Nc1ccc(-c2nc(-c3ccc(Br)cc3Cl)cs2)cc1. The van der Waals surface area contributed by atoms with E-state index >= 15 is 0 Å². The van der Waals surface area contributed by atoms with Gasteiger partial charge in [-0.15, -0.1) is 11.3 Å². The standard InChI is InChI=1S/C15H10BrClN2S/c16-10-3-6-12(13(17)7-10)14-8-20-15(19-14)9-1-4-11(18)5-2-9/h1-8H,18H2. The average Bonchev–Trinajstić information content (AvgIpc) is 2.89. The van der Waals surface area contributed by atoms with E-state index in [0.29, 0.717) is 5.02 Å². The monoisotopic (exact) mass is 364 g/mol. The van der Waals surface area contributed by atoms with E-state index in [2.05, 4.69) is 20.9 Å². The van der Waals surface area contributed by atoms with Gasteiger partial charge in [-0.25, -0.2) is 4.98 Å². The van der Waals surface area contributed by atoms with Gasteiger partial charge in [0.15, 0.2) is 0 Å². The zero-order chi connectivity index (χ0) is 14.1. The first-order valence-electron chi connectivity index (χ1n) is 5.90. The van der Waals surface area contributed by atoms with Crippen molar-refractivity contribution >= 4 is 44.6 Å². The molecule has 3 rings (SSSR count). The molecule has 0 aliphatic heterocycles. The number of rotatable bonds is 2. The summed E-state index contributed by atoms with van der Waals surface area (Å²) >= 11 is 11.3. The van der Waals surface area contributed by atoms with Crippen molar-refractivity contribution in [2.45, 2.75) is 0 Å². The van der Waals surface area contributed by atoms with Crippen LogP contribution in [0.4, 0.5) is 5.69 Å². The molecule has 0 aliphatic carbocycles. The van der Waals surface area contributed by atoms with E-state index in [9.17, 15) is 0 Å². The highest BCUT2D eigenvalue weighted by atomic mass is 79.9. The third-order valence-electron chi connectivity index (χ3n) is 2.87. The van der Waals surface area contributed by atoms with Crippen LogP contribution in [-0.2, 0) is 0 Å². The van der Waals surface area contributed by atoms with Crippen molar-refractivity contribution in [1.82, 2.24) is 4.98 Å². The molecule has 0 unspecified atom stereocenters. The Morgan fingerprint density at radius 1 is 1.10 bits per heavy atom. The molecular weight excluding hydrogens is 356 g/mol. The zero-order valence-electron chi connectivity index (χ0n) is 10.3. The van der Waals surface area contributed by atoms with E-state index in [1.807, 2.05) is 47.8 Å². The molecule has 0 spiro atoms. The number of halogens is 2. The van der Waals surface area contributed by atoms with Crippen LogP contribution >= 0.6 is 38.9 Å². The third-order valence-corrected chi connectivity index (χ3v) is 4.57. The summed E-state index contributed by atoms with van der Waals surface area (Å²) in [7, 11) is 0. The lowest BCUT2D eigenvalue weighted by Gasteiger charge is -2.01. The minimum atomic E-state index is 0.688. The van der Waals surface area contributed by atoms with Gasteiger partial charge in [0, 0.05) is 26.7 Å². The predicted octanol–water partition coefficient (Wildman–Crippen LogP) is 5.48. The molecule has 5 heteroatoms. The van der Waals surface area contributed by atoms with Crippen LogP contribution in [0.25, 0.3) is 21.8 Å². The molecule has 0 saturated heterocycles. The molecule has 1 heterocycles. The molecule has 2 nitrogen and oxygen atoms in total. The quantitative estimate of drug-likeness (QED) is 0.611. The smallest absolute Gasteiger partial charge is 0.124 e. The summed E-state index contributed by atoms with van der Waals surface area (Å²) in [5, 5.41) is 3.66. The molecule has 0 fully saturated rings. The van der Waals surface area contributed by atoms with Crippen molar-refractivity contribution in [1.29, 1.82) is 0 Å². The van der Waals surface area contributed by atoms with Crippen LogP contribution in [0.5, 0.6) is 0 Å². The molecule has 0 saturated carbocycles. The summed E-state index contributed by atoms with van der Waals surface area (Å²) in [6.07, 6.45) is 0. The van der Waals surface area contributed by atoms with E-state index in [-0.39, 0.29) is 0 Å². The average molecular weight is 366 g/mol. The lowest BCUT2D eigenvalue weighted by Crippen LogP contribution is -1.84. The van der Waals surface area contributed by atoms with Gasteiger partial charge in [-0.2, -0.15) is 0 Å². The van der Waals surface area contributed by atoms with Crippen molar-refractivity contribution in [2.24, 2.45) is 0 Å². The van der Waals surface area contributed by atoms with E-state index < -0.39 is 0 Å². The van der Waals surface area contributed by atoms with Crippen LogP contribution in [0, 0.1) is 0 Å². The number of thiazole rings is 1. The Morgan fingerprint density at radius 2 is 1.85 bits per heavy atom. The predicted molar refractivity (Wildman–Crippen MR) is 90.1 cm³/mol. The number of nitrogen functional groups attached to an aromatic ring is 1. The van der Waals surface area contributed by atoms with Gasteiger partial charge in [-0.05, 0) is 36.4 Å². The third kappa shape index (κ3) is 2.73. The van der Waals surface area contributed by atoms with Gasteiger partial charge in [0.2, 0.25) is 0 Å². The normalized spacial score (nSPS) is 10.7. The first-order chi connectivity index (χ1) is 9.63. The Balaban J connectivity index is 1.99. The van der Waals surface area contributed by atoms with Crippen LogP contribution in [0.15, 0.2) is 52.3 Å². The molecule has 2 aromatic carbocycles. The molecule has 0 bridgehead atoms. The highest BCUT2D eigenvalue weighted by molar-refractivity contribution is 9.10. The molecule has 0 aliphatic rings. The number of nitrogens with two attached hydrogens (primary N) is 1. The van der Waals surface area contributed by atoms with Crippen molar-refractivity contribution < 1.29 is 0 Å². The molecule has 2 N–H and O–H groups in total. The highest BCUT2D eigenvalue weighted by Crippen LogP contribution is 2.34. The second kappa shape index (κ2) is 5.56. The van der Waals surface area contributed by atoms with E-state index in [4.69, 9.17) is 17.3 Å². The molecular formula is C15H10BrClN2S. The second-order valence-corrected chi connectivity index (χ2v) is 6.47. The number of anilines is 1. The van der Waals surface area contributed by atoms with Gasteiger partial charge in [0.05, 0.1) is 10.7 Å². The summed E-state index contributed by atoms with van der Waals surface area (Å²) in [4.78, 5) is 4.65. The largest absolute Gasteiger partial charge is 0.399 e. The molecule has 0 amide bonds. The first-order valence-corrected chi connectivity index (χ1v) is 7.95. The molecule has 20 heavy (non-hydrogen) atoms. The van der Waals surface area contributed by atoms with Gasteiger partial charge in [0.1, 0.15) is 5.01 Å². The van der Waals surface area contributed by atoms with Gasteiger partial charge in [-0.3, -0.25) is 0 Å². The van der Waals surface area contributed by atoms with Crippen LogP contribution in [0.2, 0.25) is 5.02 Å². The number of hydrogen-bond donors (Lipinski definition) is 1. The molecule has 3 aromatic rings. The van der Waals surface area contributed by atoms with Crippen molar-refractivity contribution in [3.63, 3.8) is 0 Å². The number of nitrogens with zero attached hydrogens (tertiary/aromatic N) is 1. The van der Waals surface area contributed by atoms with Gasteiger partial charge in [-0.1, -0.05) is 33.6 Å². The number of aromatic nitrogens is 1. The van der Waals surface area contributed by atoms with Crippen LogP contribution in [-0.4, -0.2) is 4.98 Å². The molecule has 0 radical (unpaired) electrons. The first kappa shape index (κ1) is 13.6. The fraction of sp³-hybridized carbons (Fsp3) is 0.